The smallest absolute Gasteiger partial charge is 0.191 e. The van der Waals surface area contributed by atoms with Gasteiger partial charge >= 0.3 is 0 Å². The quantitative estimate of drug-likeness (QED) is 0.244. The zero-order valence-electron chi connectivity index (χ0n) is 14.0. The van der Waals surface area contributed by atoms with Crippen molar-refractivity contribution in [2.45, 2.75) is 26.2 Å². The number of guanidine groups is 1. The number of phenolic OH excluding ortho intramolecular Hbond substituents is 1. The van der Waals surface area contributed by atoms with E-state index in [-0.39, 0.29) is 24.0 Å². The molecule has 0 aliphatic heterocycles. The van der Waals surface area contributed by atoms with E-state index >= 15 is 0 Å². The number of thiophene rings is 1. The van der Waals surface area contributed by atoms with Gasteiger partial charge in [0.1, 0.15) is 5.75 Å². The molecule has 0 saturated heterocycles. The molecule has 0 aliphatic carbocycles. The van der Waals surface area contributed by atoms with E-state index in [4.69, 9.17) is 0 Å². The van der Waals surface area contributed by atoms with Gasteiger partial charge in [0.25, 0.3) is 0 Å². The van der Waals surface area contributed by atoms with Crippen LogP contribution in [0.25, 0.3) is 0 Å². The first-order valence-electron chi connectivity index (χ1n) is 8.10. The van der Waals surface area contributed by atoms with Crippen LogP contribution < -0.4 is 10.6 Å². The Bertz CT molecular complexity index is 585. The second-order valence-electron chi connectivity index (χ2n) is 5.29. The van der Waals surface area contributed by atoms with Crippen molar-refractivity contribution in [2.75, 3.05) is 19.6 Å². The Morgan fingerprint density at radius 3 is 2.58 bits per heavy atom. The summed E-state index contributed by atoms with van der Waals surface area (Å²) in [6.07, 6.45) is 2.99. The molecular weight excluding hydrogens is 433 g/mol. The van der Waals surface area contributed by atoms with Crippen LogP contribution in [0.3, 0.4) is 0 Å². The molecule has 0 spiro atoms. The molecule has 132 valence electrons. The summed E-state index contributed by atoms with van der Waals surface area (Å²) in [6, 6.07) is 11.6. The summed E-state index contributed by atoms with van der Waals surface area (Å²) in [6.45, 7) is 4.62. The van der Waals surface area contributed by atoms with Crippen molar-refractivity contribution < 1.29 is 5.11 Å². The Morgan fingerprint density at radius 1 is 1.12 bits per heavy atom. The molecule has 4 nitrogen and oxygen atoms in total. The molecule has 0 bridgehead atoms. The van der Waals surface area contributed by atoms with Gasteiger partial charge in [-0.2, -0.15) is 0 Å². The minimum absolute atomic E-state index is 0. The third-order valence-corrected chi connectivity index (χ3v) is 4.35. The second kappa shape index (κ2) is 12.1. The van der Waals surface area contributed by atoms with Crippen LogP contribution in [0.15, 0.2) is 46.8 Å². The van der Waals surface area contributed by atoms with E-state index in [0.29, 0.717) is 5.75 Å². The lowest BCUT2D eigenvalue weighted by atomic mass is 10.1. The Morgan fingerprint density at radius 2 is 1.92 bits per heavy atom. The van der Waals surface area contributed by atoms with E-state index < -0.39 is 0 Å². The molecule has 0 aliphatic rings. The summed E-state index contributed by atoms with van der Waals surface area (Å²) < 4.78 is 0. The lowest BCUT2D eigenvalue weighted by Crippen LogP contribution is -2.38. The maximum Gasteiger partial charge on any atom is 0.191 e. The van der Waals surface area contributed by atoms with Crippen molar-refractivity contribution in [3.05, 3.63) is 52.2 Å². The predicted octanol–water partition coefficient (Wildman–Crippen LogP) is 3.80. The summed E-state index contributed by atoms with van der Waals surface area (Å²) >= 11 is 1.79. The molecule has 1 heterocycles. The minimum Gasteiger partial charge on any atom is -0.508 e. The minimum atomic E-state index is 0. The highest BCUT2D eigenvalue weighted by molar-refractivity contribution is 14.0. The average molecular weight is 459 g/mol. The van der Waals surface area contributed by atoms with Gasteiger partial charge in [-0.15, -0.1) is 35.3 Å². The highest BCUT2D eigenvalue weighted by Gasteiger charge is 1.99. The van der Waals surface area contributed by atoms with E-state index in [1.807, 2.05) is 12.1 Å². The van der Waals surface area contributed by atoms with Crippen molar-refractivity contribution in [3.8, 4) is 5.75 Å². The molecular formula is C18H26IN3OS. The number of aliphatic imine (C=N–C) groups is 1. The fraction of sp³-hybridized carbons (Fsp3) is 0.389. The number of nitrogens with zero attached hydrogens (tertiary/aromatic N) is 1. The number of nitrogens with one attached hydrogen (secondary N) is 2. The van der Waals surface area contributed by atoms with E-state index in [1.54, 1.807) is 23.5 Å². The average Bonchev–Trinajstić information content (AvgIpc) is 3.06. The van der Waals surface area contributed by atoms with Crippen LogP contribution in [-0.4, -0.2) is 30.7 Å². The van der Waals surface area contributed by atoms with Crippen LogP contribution in [0.5, 0.6) is 5.75 Å². The van der Waals surface area contributed by atoms with Crippen molar-refractivity contribution in [1.29, 1.82) is 0 Å². The van der Waals surface area contributed by atoms with Crippen molar-refractivity contribution in [2.24, 2.45) is 4.99 Å². The maximum absolute atomic E-state index is 9.27. The maximum atomic E-state index is 9.27. The Labute approximate surface area is 165 Å². The van der Waals surface area contributed by atoms with E-state index in [2.05, 4.69) is 40.1 Å². The molecule has 0 unspecified atom stereocenters. The first-order chi connectivity index (χ1) is 11.3. The van der Waals surface area contributed by atoms with Gasteiger partial charge in [0.05, 0.1) is 0 Å². The summed E-state index contributed by atoms with van der Waals surface area (Å²) in [4.78, 5) is 6.00. The predicted molar refractivity (Wildman–Crippen MR) is 114 cm³/mol. The Kier molecular flexibility index (Phi) is 10.5. The first kappa shape index (κ1) is 20.8. The number of hydrogen-bond donors (Lipinski definition) is 3. The van der Waals surface area contributed by atoms with Gasteiger partial charge in [-0.1, -0.05) is 18.2 Å². The third-order valence-electron chi connectivity index (χ3n) is 3.42. The standard InChI is InChI=1S/C18H25N3OS.HI/c1-2-19-18(21-13-11-17-6-4-14-23-17)20-12-3-5-15-7-9-16(22)10-8-15;/h4,6-10,14,22H,2-3,5,11-13H2,1H3,(H2,19,20,21);1H. The van der Waals surface area contributed by atoms with Gasteiger partial charge in [0, 0.05) is 24.5 Å². The lowest BCUT2D eigenvalue weighted by molar-refractivity contribution is 0.475. The molecule has 1 aromatic heterocycles. The lowest BCUT2D eigenvalue weighted by Gasteiger charge is -2.10. The summed E-state index contributed by atoms with van der Waals surface area (Å²) in [5.41, 5.74) is 1.23. The Hall–Kier alpha value is -1.28. The summed E-state index contributed by atoms with van der Waals surface area (Å²) in [5, 5.41) is 18.0. The van der Waals surface area contributed by atoms with Crippen LogP contribution in [0.4, 0.5) is 0 Å². The molecule has 2 aromatic rings. The highest BCUT2D eigenvalue weighted by atomic mass is 127. The van der Waals surface area contributed by atoms with Crippen LogP contribution in [-0.2, 0) is 12.8 Å². The summed E-state index contributed by atoms with van der Waals surface area (Å²) in [7, 11) is 0. The largest absolute Gasteiger partial charge is 0.508 e. The van der Waals surface area contributed by atoms with Gasteiger partial charge in [0.15, 0.2) is 5.96 Å². The molecule has 0 saturated carbocycles. The molecule has 0 fully saturated rings. The van der Waals surface area contributed by atoms with Gasteiger partial charge in [0.2, 0.25) is 0 Å². The number of aryl methyl sites for hydroxylation is 1. The Balaban J connectivity index is 0.00000288. The highest BCUT2D eigenvalue weighted by Crippen LogP contribution is 2.11. The van der Waals surface area contributed by atoms with Crippen molar-refractivity contribution >= 4 is 41.3 Å². The van der Waals surface area contributed by atoms with Crippen LogP contribution in [0, 0.1) is 0 Å². The molecule has 0 amide bonds. The normalized spacial score (nSPS) is 11.0. The van der Waals surface area contributed by atoms with Gasteiger partial charge < -0.3 is 15.7 Å². The van der Waals surface area contributed by atoms with E-state index in [1.165, 1.54) is 10.4 Å². The molecule has 2 rings (SSSR count). The van der Waals surface area contributed by atoms with Gasteiger partial charge in [-0.05, 0) is 55.3 Å². The summed E-state index contributed by atoms with van der Waals surface area (Å²) in [5.74, 6) is 1.20. The number of rotatable bonds is 8. The van der Waals surface area contributed by atoms with Crippen molar-refractivity contribution in [1.82, 2.24) is 10.6 Å². The monoisotopic (exact) mass is 459 g/mol. The van der Waals surface area contributed by atoms with Crippen LogP contribution >= 0.6 is 35.3 Å². The van der Waals surface area contributed by atoms with Gasteiger partial charge in [-0.3, -0.25) is 4.99 Å². The molecule has 3 N–H and O–H groups in total. The van der Waals surface area contributed by atoms with Crippen LogP contribution in [0.1, 0.15) is 23.8 Å². The first-order valence-corrected chi connectivity index (χ1v) is 8.98. The molecule has 1 aromatic carbocycles. The number of halogens is 1. The molecule has 24 heavy (non-hydrogen) atoms. The van der Waals surface area contributed by atoms with Crippen LogP contribution in [0.2, 0.25) is 0 Å². The van der Waals surface area contributed by atoms with Crippen molar-refractivity contribution in [3.63, 3.8) is 0 Å². The fourth-order valence-electron chi connectivity index (χ4n) is 2.24. The second-order valence-corrected chi connectivity index (χ2v) is 6.32. The number of hydrogen-bond acceptors (Lipinski definition) is 3. The van der Waals surface area contributed by atoms with Gasteiger partial charge in [-0.25, -0.2) is 0 Å². The van der Waals surface area contributed by atoms with E-state index in [9.17, 15) is 5.11 Å². The third kappa shape index (κ3) is 8.01. The SMILES string of the molecule is CCNC(=NCCCc1ccc(O)cc1)NCCc1cccs1.I. The number of phenols is 1. The zero-order chi connectivity index (χ0) is 16.3. The topological polar surface area (TPSA) is 56.7 Å². The number of benzene rings is 1. The molecule has 6 heteroatoms. The number of aromatic hydroxyl groups is 1. The molecule has 0 atom stereocenters. The fourth-order valence-corrected chi connectivity index (χ4v) is 2.95. The zero-order valence-corrected chi connectivity index (χ0v) is 17.1. The molecule has 0 radical (unpaired) electrons. The van der Waals surface area contributed by atoms with E-state index in [0.717, 1.165) is 44.9 Å².